The summed E-state index contributed by atoms with van der Waals surface area (Å²) in [5, 5.41) is 0. The summed E-state index contributed by atoms with van der Waals surface area (Å²) in [6, 6.07) is 20.3. The molecule has 1 heterocycles. The summed E-state index contributed by atoms with van der Waals surface area (Å²) in [6.07, 6.45) is 0.985. The van der Waals surface area contributed by atoms with Crippen molar-refractivity contribution in [2.45, 2.75) is 17.1 Å². The van der Waals surface area contributed by atoms with Gasteiger partial charge in [-0.1, -0.05) is 60.7 Å². The molecule has 2 nitrogen and oxygen atoms in total. The van der Waals surface area contributed by atoms with E-state index >= 15 is 0 Å². The number of carbonyl (C=O) groups is 1. The zero-order chi connectivity index (χ0) is 14.7. The van der Waals surface area contributed by atoms with Crippen molar-refractivity contribution in [1.29, 1.82) is 0 Å². The molecule has 1 aliphatic rings. The molecular weight excluding hydrogens is 280 g/mol. The van der Waals surface area contributed by atoms with E-state index in [1.54, 1.807) is 11.8 Å². The monoisotopic (exact) mass is 298 g/mol. The fraction of sp³-hybridized carbons (Fsp3) is 0.278. The predicted molar refractivity (Wildman–Crippen MR) is 86.4 cm³/mol. The molecule has 0 N–H and O–H groups in total. The molecule has 0 aromatic heterocycles. The number of ether oxygens (including phenoxy) is 1. The van der Waals surface area contributed by atoms with E-state index in [1.165, 1.54) is 12.7 Å². The molecular formula is C18H18O2S. The summed E-state index contributed by atoms with van der Waals surface area (Å²) < 4.78 is 4.56. The molecule has 0 unspecified atom stereocenters. The molecule has 3 heteroatoms. The van der Waals surface area contributed by atoms with Gasteiger partial charge in [0.25, 0.3) is 0 Å². The maximum absolute atomic E-state index is 12.7. The van der Waals surface area contributed by atoms with Crippen LogP contribution in [0.4, 0.5) is 0 Å². The van der Waals surface area contributed by atoms with Gasteiger partial charge in [-0.25, -0.2) is 0 Å². The lowest BCUT2D eigenvalue weighted by molar-refractivity contribution is -0.144. The molecule has 2 aromatic rings. The molecule has 0 saturated carbocycles. The zero-order valence-corrected chi connectivity index (χ0v) is 12.8. The van der Waals surface area contributed by atoms with E-state index in [0.29, 0.717) is 0 Å². The Kier molecular flexibility index (Phi) is 4.02. The second-order valence-electron chi connectivity index (χ2n) is 5.19. The number of esters is 1. The Balaban J connectivity index is 2.13. The summed E-state index contributed by atoms with van der Waals surface area (Å²) in [7, 11) is 1.48. The summed E-state index contributed by atoms with van der Waals surface area (Å²) >= 11 is 1.70. The van der Waals surface area contributed by atoms with Gasteiger partial charge in [-0.2, -0.15) is 0 Å². The predicted octanol–water partition coefficient (Wildman–Crippen LogP) is 3.98. The Morgan fingerprint density at radius 1 is 1.10 bits per heavy atom. The number of thioether (sulfide) groups is 1. The molecule has 1 fully saturated rings. The van der Waals surface area contributed by atoms with Gasteiger partial charge in [-0.15, -0.1) is 11.8 Å². The Bertz CT molecular complexity index is 612. The van der Waals surface area contributed by atoms with E-state index in [9.17, 15) is 4.79 Å². The third-order valence-corrected chi connectivity index (χ3v) is 5.70. The van der Waals surface area contributed by atoms with E-state index in [1.807, 2.05) is 48.5 Å². The van der Waals surface area contributed by atoms with E-state index in [2.05, 4.69) is 12.1 Å². The van der Waals surface area contributed by atoms with E-state index in [0.717, 1.165) is 17.7 Å². The molecule has 2 atom stereocenters. The van der Waals surface area contributed by atoms with Gasteiger partial charge in [0.15, 0.2) is 0 Å². The highest BCUT2D eigenvalue weighted by Crippen LogP contribution is 2.56. The van der Waals surface area contributed by atoms with E-state index in [-0.39, 0.29) is 11.9 Å². The first-order valence-electron chi connectivity index (χ1n) is 7.12. The first kappa shape index (κ1) is 14.2. The summed E-state index contributed by atoms with van der Waals surface area (Å²) in [4.78, 5) is 12.7. The SMILES string of the molecule is COC(=O)[C@@]1(c2ccccc2)SCC[C@@H]1c1ccccc1. The molecule has 0 radical (unpaired) electrons. The average molecular weight is 298 g/mol. The fourth-order valence-corrected chi connectivity index (χ4v) is 4.80. The Morgan fingerprint density at radius 2 is 1.71 bits per heavy atom. The molecule has 108 valence electrons. The Morgan fingerprint density at radius 3 is 2.33 bits per heavy atom. The van der Waals surface area contributed by atoms with Crippen LogP contribution in [0.15, 0.2) is 60.7 Å². The normalized spacial score (nSPS) is 24.7. The van der Waals surface area contributed by atoms with Crippen LogP contribution >= 0.6 is 11.8 Å². The first-order chi connectivity index (χ1) is 10.3. The topological polar surface area (TPSA) is 26.3 Å². The van der Waals surface area contributed by atoms with Crippen LogP contribution in [-0.2, 0) is 14.3 Å². The Labute approximate surface area is 129 Å². The van der Waals surface area contributed by atoms with Crippen LogP contribution in [0.25, 0.3) is 0 Å². The molecule has 1 aliphatic heterocycles. The largest absolute Gasteiger partial charge is 0.468 e. The molecule has 1 saturated heterocycles. The van der Waals surface area contributed by atoms with Crippen LogP contribution in [0.5, 0.6) is 0 Å². The fourth-order valence-electron chi connectivity index (χ4n) is 3.17. The molecule has 0 spiro atoms. The van der Waals surface area contributed by atoms with Gasteiger partial charge in [-0.05, 0) is 23.3 Å². The second-order valence-corrected chi connectivity index (χ2v) is 6.53. The minimum atomic E-state index is -0.628. The minimum Gasteiger partial charge on any atom is -0.468 e. The van der Waals surface area contributed by atoms with Gasteiger partial charge < -0.3 is 4.74 Å². The molecule has 2 aromatic carbocycles. The van der Waals surface area contributed by atoms with E-state index in [4.69, 9.17) is 4.74 Å². The summed E-state index contributed by atoms with van der Waals surface area (Å²) in [5.41, 5.74) is 2.24. The standard InChI is InChI=1S/C18H18O2S/c1-20-17(19)18(15-10-6-3-7-11-15)16(12-13-21-18)14-8-4-2-5-9-14/h2-11,16H,12-13H2,1H3/t16-,18+/m1/s1. The second kappa shape index (κ2) is 5.94. The van der Waals surface area contributed by atoms with Crippen molar-refractivity contribution in [1.82, 2.24) is 0 Å². The van der Waals surface area contributed by atoms with Crippen molar-refractivity contribution in [3.63, 3.8) is 0 Å². The number of methoxy groups -OCH3 is 1. The van der Waals surface area contributed by atoms with Crippen molar-refractivity contribution in [3.8, 4) is 0 Å². The van der Waals surface area contributed by atoms with Crippen LogP contribution in [0.1, 0.15) is 23.5 Å². The lowest BCUT2D eigenvalue weighted by Gasteiger charge is -2.32. The molecule has 0 aliphatic carbocycles. The smallest absolute Gasteiger partial charge is 0.327 e. The van der Waals surface area contributed by atoms with Crippen LogP contribution < -0.4 is 0 Å². The van der Waals surface area contributed by atoms with Gasteiger partial charge in [0.1, 0.15) is 4.75 Å². The molecule has 3 rings (SSSR count). The Hall–Kier alpha value is -1.74. The van der Waals surface area contributed by atoms with Crippen LogP contribution in [-0.4, -0.2) is 18.8 Å². The van der Waals surface area contributed by atoms with E-state index < -0.39 is 4.75 Å². The highest BCUT2D eigenvalue weighted by molar-refractivity contribution is 8.01. The van der Waals surface area contributed by atoms with Crippen molar-refractivity contribution in [2.75, 3.05) is 12.9 Å². The number of benzene rings is 2. The summed E-state index contributed by atoms with van der Waals surface area (Å²) in [5.74, 6) is 0.965. The minimum absolute atomic E-state index is 0.148. The van der Waals surface area contributed by atoms with Crippen LogP contribution in [0.3, 0.4) is 0 Å². The van der Waals surface area contributed by atoms with Gasteiger partial charge in [-0.3, -0.25) is 4.79 Å². The van der Waals surface area contributed by atoms with Crippen LogP contribution in [0, 0.1) is 0 Å². The summed E-state index contributed by atoms with van der Waals surface area (Å²) in [6.45, 7) is 0. The number of hydrogen-bond donors (Lipinski definition) is 0. The number of hydrogen-bond acceptors (Lipinski definition) is 3. The van der Waals surface area contributed by atoms with Crippen molar-refractivity contribution in [2.24, 2.45) is 0 Å². The van der Waals surface area contributed by atoms with Crippen LogP contribution in [0.2, 0.25) is 0 Å². The zero-order valence-electron chi connectivity index (χ0n) is 12.0. The average Bonchev–Trinajstić information content (AvgIpc) is 3.01. The maximum atomic E-state index is 12.7. The van der Waals surface area contributed by atoms with Gasteiger partial charge in [0.05, 0.1) is 7.11 Å². The lowest BCUT2D eigenvalue weighted by atomic mass is 9.79. The van der Waals surface area contributed by atoms with Crippen molar-refractivity contribution < 1.29 is 9.53 Å². The van der Waals surface area contributed by atoms with Gasteiger partial charge >= 0.3 is 5.97 Å². The maximum Gasteiger partial charge on any atom is 0.327 e. The lowest BCUT2D eigenvalue weighted by Crippen LogP contribution is -2.36. The highest BCUT2D eigenvalue weighted by atomic mass is 32.2. The number of carbonyl (C=O) groups excluding carboxylic acids is 1. The van der Waals surface area contributed by atoms with Gasteiger partial charge in [0, 0.05) is 5.92 Å². The third kappa shape index (κ3) is 2.36. The molecule has 0 bridgehead atoms. The number of rotatable bonds is 3. The molecule has 21 heavy (non-hydrogen) atoms. The quantitative estimate of drug-likeness (QED) is 0.802. The van der Waals surface area contributed by atoms with Crippen molar-refractivity contribution >= 4 is 17.7 Å². The van der Waals surface area contributed by atoms with Gasteiger partial charge in [0.2, 0.25) is 0 Å². The highest BCUT2D eigenvalue weighted by Gasteiger charge is 2.52. The molecule has 0 amide bonds. The van der Waals surface area contributed by atoms with Crippen molar-refractivity contribution in [3.05, 3.63) is 71.8 Å². The third-order valence-electron chi connectivity index (χ3n) is 4.12. The first-order valence-corrected chi connectivity index (χ1v) is 8.10.